The molecule has 162 valence electrons. The number of likely N-dealkylation sites (N-methyl/N-ethyl adjacent to an activating group) is 1. The van der Waals surface area contributed by atoms with Crippen LogP contribution in [0.15, 0.2) is 48.0 Å². The Labute approximate surface area is 182 Å². The summed E-state index contributed by atoms with van der Waals surface area (Å²) in [5.41, 5.74) is 3.82. The third-order valence-corrected chi connectivity index (χ3v) is 6.16. The first-order chi connectivity index (χ1) is 14.9. The number of Topliss-reactive ketones (excluding diaryl/α,β-unsaturated/α-hetero) is 1. The summed E-state index contributed by atoms with van der Waals surface area (Å²) in [6.45, 7) is 0.935. The van der Waals surface area contributed by atoms with Gasteiger partial charge in [-0.3, -0.25) is 9.59 Å². The van der Waals surface area contributed by atoms with Crippen molar-refractivity contribution >= 4 is 17.4 Å². The summed E-state index contributed by atoms with van der Waals surface area (Å²) >= 11 is 0. The van der Waals surface area contributed by atoms with Crippen LogP contribution in [0.2, 0.25) is 0 Å². The Bertz CT molecular complexity index is 1040. The topological polar surface area (TPSA) is 81.1 Å². The summed E-state index contributed by atoms with van der Waals surface area (Å²) in [7, 11) is 3.80. The van der Waals surface area contributed by atoms with Crippen molar-refractivity contribution in [2.75, 3.05) is 27.2 Å². The fourth-order valence-corrected chi connectivity index (χ4v) is 4.46. The van der Waals surface area contributed by atoms with Gasteiger partial charge in [0.25, 0.3) is 11.7 Å². The highest BCUT2D eigenvalue weighted by Crippen LogP contribution is 2.40. The van der Waals surface area contributed by atoms with Gasteiger partial charge in [-0.1, -0.05) is 24.3 Å². The summed E-state index contributed by atoms with van der Waals surface area (Å²) < 4.78 is 0. The molecule has 1 amide bonds. The highest BCUT2D eigenvalue weighted by atomic mass is 16.3. The zero-order valence-corrected chi connectivity index (χ0v) is 18.0. The van der Waals surface area contributed by atoms with E-state index in [1.54, 1.807) is 12.1 Å². The minimum Gasteiger partial charge on any atom is -0.508 e. The summed E-state index contributed by atoms with van der Waals surface area (Å²) in [5, 5.41) is 20.9. The average molecular weight is 421 g/mol. The van der Waals surface area contributed by atoms with Crippen LogP contribution < -0.4 is 0 Å². The van der Waals surface area contributed by atoms with Gasteiger partial charge in [-0.2, -0.15) is 0 Å². The molecule has 2 aromatic carbocycles. The number of ketones is 1. The summed E-state index contributed by atoms with van der Waals surface area (Å²) in [5.74, 6) is -1.33. The van der Waals surface area contributed by atoms with Crippen LogP contribution in [0.5, 0.6) is 5.75 Å². The van der Waals surface area contributed by atoms with Crippen LogP contribution in [0.25, 0.3) is 5.76 Å². The molecular formula is C25H28N2O4. The number of fused-ring (bicyclic) bond motifs is 1. The Morgan fingerprint density at radius 3 is 2.39 bits per heavy atom. The molecular weight excluding hydrogens is 392 g/mol. The molecule has 0 spiro atoms. The largest absolute Gasteiger partial charge is 0.508 e. The minimum atomic E-state index is -0.698. The van der Waals surface area contributed by atoms with E-state index < -0.39 is 17.7 Å². The van der Waals surface area contributed by atoms with Gasteiger partial charge in [0.05, 0.1) is 11.6 Å². The number of hydrogen-bond acceptors (Lipinski definition) is 5. The van der Waals surface area contributed by atoms with E-state index in [0.29, 0.717) is 24.2 Å². The van der Waals surface area contributed by atoms with E-state index in [4.69, 9.17) is 0 Å². The lowest BCUT2D eigenvalue weighted by atomic mass is 9.88. The van der Waals surface area contributed by atoms with Gasteiger partial charge in [-0.05, 0) is 74.7 Å². The molecule has 4 rings (SSSR count). The van der Waals surface area contributed by atoms with Gasteiger partial charge in [0, 0.05) is 18.7 Å². The number of carbonyl (C=O) groups is 2. The first kappa shape index (κ1) is 21.1. The van der Waals surface area contributed by atoms with E-state index >= 15 is 0 Å². The SMILES string of the molecule is CN(C)CCN1C(=O)C(=O)/C(=C(\O)c2ccc3c(c2)CCCC3)C1c1ccc(O)cc1. The van der Waals surface area contributed by atoms with Crippen molar-refractivity contribution in [2.45, 2.75) is 31.7 Å². The molecule has 0 aromatic heterocycles. The summed E-state index contributed by atoms with van der Waals surface area (Å²) in [6.07, 6.45) is 4.25. The highest BCUT2D eigenvalue weighted by molar-refractivity contribution is 6.46. The van der Waals surface area contributed by atoms with Gasteiger partial charge in [-0.15, -0.1) is 0 Å². The molecule has 0 bridgehead atoms. The van der Waals surface area contributed by atoms with Crippen molar-refractivity contribution < 1.29 is 19.8 Å². The number of nitrogens with zero attached hydrogens (tertiary/aromatic N) is 2. The molecule has 6 nitrogen and oxygen atoms in total. The average Bonchev–Trinajstić information content (AvgIpc) is 3.02. The molecule has 1 heterocycles. The van der Waals surface area contributed by atoms with E-state index in [1.807, 2.05) is 37.2 Å². The Morgan fingerprint density at radius 2 is 1.71 bits per heavy atom. The van der Waals surface area contributed by atoms with Crippen LogP contribution in [0.4, 0.5) is 0 Å². The lowest BCUT2D eigenvalue weighted by Crippen LogP contribution is -2.35. The van der Waals surface area contributed by atoms with Gasteiger partial charge in [0.1, 0.15) is 11.5 Å². The van der Waals surface area contributed by atoms with Crippen molar-refractivity contribution in [3.05, 3.63) is 70.3 Å². The first-order valence-electron chi connectivity index (χ1n) is 10.7. The molecule has 0 saturated carbocycles. The zero-order valence-electron chi connectivity index (χ0n) is 18.0. The fraction of sp³-hybridized carbons (Fsp3) is 0.360. The van der Waals surface area contributed by atoms with E-state index in [-0.39, 0.29) is 17.1 Å². The summed E-state index contributed by atoms with van der Waals surface area (Å²) in [6, 6.07) is 11.5. The molecule has 2 aliphatic rings. The van der Waals surface area contributed by atoms with Crippen LogP contribution in [0.1, 0.15) is 41.1 Å². The normalized spacial score (nSPS) is 20.4. The third-order valence-electron chi connectivity index (χ3n) is 6.16. The second kappa shape index (κ2) is 8.55. The van der Waals surface area contributed by atoms with Crippen molar-refractivity contribution in [3.63, 3.8) is 0 Å². The van der Waals surface area contributed by atoms with Gasteiger partial charge >= 0.3 is 0 Å². The number of aromatic hydroxyl groups is 1. The maximum absolute atomic E-state index is 13.0. The predicted octanol–water partition coefficient (Wildman–Crippen LogP) is 3.25. The molecule has 1 unspecified atom stereocenters. The number of aryl methyl sites for hydroxylation is 2. The number of hydrogen-bond donors (Lipinski definition) is 2. The maximum atomic E-state index is 13.0. The fourth-order valence-electron chi connectivity index (χ4n) is 4.46. The molecule has 1 aliphatic heterocycles. The Morgan fingerprint density at radius 1 is 1.03 bits per heavy atom. The van der Waals surface area contributed by atoms with E-state index in [0.717, 1.165) is 25.7 Å². The molecule has 31 heavy (non-hydrogen) atoms. The molecule has 1 aliphatic carbocycles. The minimum absolute atomic E-state index is 0.101. The predicted molar refractivity (Wildman–Crippen MR) is 119 cm³/mol. The zero-order chi connectivity index (χ0) is 22.1. The van der Waals surface area contributed by atoms with Crippen LogP contribution in [0, 0.1) is 0 Å². The summed E-state index contributed by atoms with van der Waals surface area (Å²) in [4.78, 5) is 29.4. The molecule has 1 atom stereocenters. The molecule has 1 saturated heterocycles. The smallest absolute Gasteiger partial charge is 0.295 e. The number of aliphatic hydroxyl groups excluding tert-OH is 1. The molecule has 1 fully saturated rings. The van der Waals surface area contributed by atoms with Crippen LogP contribution >= 0.6 is 0 Å². The Balaban J connectivity index is 1.81. The lowest BCUT2D eigenvalue weighted by Gasteiger charge is -2.26. The van der Waals surface area contributed by atoms with Crippen molar-refractivity contribution in [1.82, 2.24) is 9.80 Å². The standard InChI is InChI=1S/C25H28N2O4/c1-26(2)13-14-27-22(17-9-11-20(28)12-10-17)21(24(30)25(27)31)23(29)19-8-7-16-5-3-4-6-18(16)15-19/h7-12,15,22,28-29H,3-6,13-14H2,1-2H3/b23-21-. The molecule has 2 N–H and O–H groups in total. The monoisotopic (exact) mass is 420 g/mol. The van der Waals surface area contributed by atoms with Gasteiger partial charge in [0.2, 0.25) is 0 Å². The van der Waals surface area contributed by atoms with Crippen LogP contribution in [0.3, 0.4) is 0 Å². The van der Waals surface area contributed by atoms with Crippen LogP contribution in [-0.4, -0.2) is 58.9 Å². The van der Waals surface area contributed by atoms with Gasteiger partial charge in [0.15, 0.2) is 0 Å². The number of benzene rings is 2. The maximum Gasteiger partial charge on any atom is 0.295 e. The van der Waals surface area contributed by atoms with E-state index in [1.165, 1.54) is 28.2 Å². The van der Waals surface area contributed by atoms with Crippen molar-refractivity contribution in [1.29, 1.82) is 0 Å². The van der Waals surface area contributed by atoms with Crippen molar-refractivity contribution in [3.8, 4) is 5.75 Å². The highest BCUT2D eigenvalue weighted by Gasteiger charge is 2.45. The first-order valence-corrected chi connectivity index (χ1v) is 10.7. The number of carbonyl (C=O) groups excluding carboxylic acids is 2. The second-order valence-corrected chi connectivity index (χ2v) is 8.58. The number of phenolic OH excluding ortho intramolecular Hbond substituents is 1. The molecule has 2 aromatic rings. The van der Waals surface area contributed by atoms with Crippen LogP contribution in [-0.2, 0) is 22.4 Å². The number of aliphatic hydroxyl groups is 1. The van der Waals surface area contributed by atoms with Gasteiger partial charge < -0.3 is 20.0 Å². The third kappa shape index (κ3) is 4.08. The Kier molecular flexibility index (Phi) is 5.83. The number of likely N-dealkylation sites (tertiary alicyclic amines) is 1. The Hall–Kier alpha value is -3.12. The number of phenols is 1. The lowest BCUT2D eigenvalue weighted by molar-refractivity contribution is -0.140. The van der Waals surface area contributed by atoms with Crippen molar-refractivity contribution in [2.24, 2.45) is 0 Å². The number of amides is 1. The quantitative estimate of drug-likeness (QED) is 0.441. The molecule has 0 radical (unpaired) electrons. The number of rotatable bonds is 5. The molecule has 6 heteroatoms. The van der Waals surface area contributed by atoms with Gasteiger partial charge in [-0.25, -0.2) is 0 Å². The second-order valence-electron chi connectivity index (χ2n) is 8.58. The van der Waals surface area contributed by atoms with E-state index in [2.05, 4.69) is 0 Å². The van der Waals surface area contributed by atoms with E-state index in [9.17, 15) is 19.8 Å².